The van der Waals surface area contributed by atoms with Gasteiger partial charge in [-0.1, -0.05) is 40.6 Å². The summed E-state index contributed by atoms with van der Waals surface area (Å²) in [6.07, 6.45) is 0. The fourth-order valence-electron chi connectivity index (χ4n) is 4.17. The number of benzene rings is 3. The van der Waals surface area contributed by atoms with Crippen molar-refractivity contribution in [1.82, 2.24) is 24.8 Å². The molecule has 6 aromatic rings. The maximum atomic E-state index is 12.8. The van der Waals surface area contributed by atoms with Gasteiger partial charge in [-0.05, 0) is 48.0 Å². The van der Waals surface area contributed by atoms with Crippen molar-refractivity contribution >= 4 is 10.9 Å². The standard InChI is InChI=1S/C28H21N5O4/c1-17-29-27(31-36-17)21-6-3-5-19(13-21)16-33-25-11-10-24(14-20(25)9-12-26(33)34)35-23-8-4-7-22(15-23)28-30-18(2)37-32-28/h3-15H,16H2,1-2H3. The molecule has 3 aromatic heterocycles. The molecule has 0 radical (unpaired) electrons. The average molecular weight is 492 g/mol. The van der Waals surface area contributed by atoms with Gasteiger partial charge in [-0.3, -0.25) is 4.79 Å². The zero-order valence-corrected chi connectivity index (χ0v) is 20.1. The van der Waals surface area contributed by atoms with Gasteiger partial charge in [0.2, 0.25) is 23.4 Å². The molecule has 0 saturated carbocycles. The van der Waals surface area contributed by atoms with Gasteiger partial charge < -0.3 is 18.4 Å². The highest BCUT2D eigenvalue weighted by Gasteiger charge is 2.11. The van der Waals surface area contributed by atoms with Gasteiger partial charge in [-0.15, -0.1) is 0 Å². The Balaban J connectivity index is 1.29. The molecule has 3 aromatic carbocycles. The van der Waals surface area contributed by atoms with Crippen molar-refractivity contribution in [3.05, 3.63) is 107 Å². The van der Waals surface area contributed by atoms with Crippen LogP contribution in [0.5, 0.6) is 11.5 Å². The van der Waals surface area contributed by atoms with Crippen molar-refractivity contribution in [2.24, 2.45) is 0 Å². The van der Waals surface area contributed by atoms with E-state index in [0.29, 0.717) is 41.5 Å². The van der Waals surface area contributed by atoms with Crippen molar-refractivity contribution < 1.29 is 13.8 Å². The van der Waals surface area contributed by atoms with E-state index < -0.39 is 0 Å². The molecule has 0 bridgehead atoms. The lowest BCUT2D eigenvalue weighted by Crippen LogP contribution is -2.19. The Hall–Kier alpha value is -5.05. The SMILES string of the molecule is Cc1nc(-c2cccc(Cn3c(=O)ccc4cc(Oc5cccc(-c6noc(C)n6)c5)ccc43)c2)no1. The summed E-state index contributed by atoms with van der Waals surface area (Å²) in [5.41, 5.74) is 3.28. The van der Waals surface area contributed by atoms with Crippen LogP contribution in [0.25, 0.3) is 33.7 Å². The molecule has 6 rings (SSSR count). The number of aromatic nitrogens is 5. The van der Waals surface area contributed by atoms with E-state index in [2.05, 4.69) is 20.3 Å². The molecule has 0 saturated heterocycles. The predicted octanol–water partition coefficient (Wildman–Crippen LogP) is 5.56. The minimum atomic E-state index is -0.0925. The van der Waals surface area contributed by atoms with E-state index in [1.807, 2.05) is 66.7 Å². The molecule has 0 aliphatic rings. The molecular weight excluding hydrogens is 470 g/mol. The van der Waals surface area contributed by atoms with Crippen LogP contribution in [-0.2, 0) is 6.54 Å². The summed E-state index contributed by atoms with van der Waals surface area (Å²) in [5, 5.41) is 8.84. The fourth-order valence-corrected chi connectivity index (χ4v) is 4.17. The first-order valence-corrected chi connectivity index (χ1v) is 11.6. The third-order valence-electron chi connectivity index (χ3n) is 5.87. The molecule has 0 aliphatic heterocycles. The number of hydrogen-bond acceptors (Lipinski definition) is 8. The van der Waals surface area contributed by atoms with E-state index in [-0.39, 0.29) is 5.56 Å². The molecule has 0 N–H and O–H groups in total. The predicted molar refractivity (Wildman–Crippen MR) is 136 cm³/mol. The largest absolute Gasteiger partial charge is 0.457 e. The van der Waals surface area contributed by atoms with Crippen molar-refractivity contribution in [1.29, 1.82) is 0 Å². The van der Waals surface area contributed by atoms with E-state index in [0.717, 1.165) is 27.6 Å². The van der Waals surface area contributed by atoms with Crippen LogP contribution < -0.4 is 10.3 Å². The van der Waals surface area contributed by atoms with Crippen LogP contribution >= 0.6 is 0 Å². The van der Waals surface area contributed by atoms with Gasteiger partial charge >= 0.3 is 0 Å². The van der Waals surface area contributed by atoms with Gasteiger partial charge in [0.25, 0.3) is 5.56 Å². The number of hydrogen-bond donors (Lipinski definition) is 0. The number of ether oxygens (including phenoxy) is 1. The summed E-state index contributed by atoms with van der Waals surface area (Å²) >= 11 is 0. The van der Waals surface area contributed by atoms with Gasteiger partial charge in [-0.2, -0.15) is 9.97 Å². The normalized spacial score (nSPS) is 11.2. The van der Waals surface area contributed by atoms with Crippen molar-refractivity contribution in [2.75, 3.05) is 0 Å². The van der Waals surface area contributed by atoms with E-state index in [4.69, 9.17) is 13.8 Å². The van der Waals surface area contributed by atoms with Crippen LogP contribution in [-0.4, -0.2) is 24.8 Å². The summed E-state index contributed by atoms with van der Waals surface area (Å²) in [6, 6.07) is 24.3. The zero-order valence-electron chi connectivity index (χ0n) is 20.1. The molecule has 0 spiro atoms. The number of pyridine rings is 1. The summed E-state index contributed by atoms with van der Waals surface area (Å²) in [6.45, 7) is 3.89. The number of aryl methyl sites for hydroxylation is 2. The summed E-state index contributed by atoms with van der Waals surface area (Å²) < 4.78 is 18.0. The Morgan fingerprint density at radius 1 is 0.757 bits per heavy atom. The van der Waals surface area contributed by atoms with Crippen molar-refractivity contribution in [3.8, 4) is 34.3 Å². The third kappa shape index (κ3) is 4.62. The first-order chi connectivity index (χ1) is 18.0. The van der Waals surface area contributed by atoms with Crippen molar-refractivity contribution in [3.63, 3.8) is 0 Å². The van der Waals surface area contributed by atoms with E-state index >= 15 is 0 Å². The maximum absolute atomic E-state index is 12.8. The summed E-state index contributed by atoms with van der Waals surface area (Å²) in [7, 11) is 0. The van der Waals surface area contributed by atoms with E-state index in [9.17, 15) is 4.79 Å². The van der Waals surface area contributed by atoms with Gasteiger partial charge in [0.1, 0.15) is 11.5 Å². The maximum Gasteiger partial charge on any atom is 0.251 e. The smallest absolute Gasteiger partial charge is 0.251 e. The van der Waals surface area contributed by atoms with Crippen LogP contribution in [0, 0.1) is 13.8 Å². The van der Waals surface area contributed by atoms with E-state index in [1.54, 1.807) is 30.5 Å². The summed E-state index contributed by atoms with van der Waals surface area (Å²) in [4.78, 5) is 21.4. The van der Waals surface area contributed by atoms with Gasteiger partial charge in [0.15, 0.2) is 0 Å². The molecule has 0 aliphatic carbocycles. The van der Waals surface area contributed by atoms with Crippen LogP contribution in [0.3, 0.4) is 0 Å². The van der Waals surface area contributed by atoms with Crippen LogP contribution in [0.4, 0.5) is 0 Å². The molecule has 3 heterocycles. The Kier molecular flexibility index (Phi) is 5.57. The van der Waals surface area contributed by atoms with Gasteiger partial charge in [0, 0.05) is 36.4 Å². The Bertz CT molecular complexity index is 1800. The highest BCUT2D eigenvalue weighted by atomic mass is 16.5. The number of fused-ring (bicyclic) bond motifs is 1. The Morgan fingerprint density at radius 3 is 2.14 bits per heavy atom. The van der Waals surface area contributed by atoms with Crippen LogP contribution in [0.15, 0.2) is 92.7 Å². The lowest BCUT2D eigenvalue weighted by molar-refractivity contribution is 0.394. The molecular formula is C28H21N5O4. The zero-order chi connectivity index (χ0) is 25.4. The topological polar surface area (TPSA) is 109 Å². The molecule has 0 amide bonds. The van der Waals surface area contributed by atoms with Crippen LogP contribution in [0.2, 0.25) is 0 Å². The molecule has 9 heteroatoms. The Morgan fingerprint density at radius 2 is 1.43 bits per heavy atom. The van der Waals surface area contributed by atoms with Gasteiger partial charge in [-0.25, -0.2) is 0 Å². The molecule has 9 nitrogen and oxygen atoms in total. The minimum absolute atomic E-state index is 0.0925. The Labute approximate surface area is 211 Å². The minimum Gasteiger partial charge on any atom is -0.457 e. The molecule has 0 fully saturated rings. The van der Waals surface area contributed by atoms with Gasteiger partial charge in [0.05, 0.1) is 12.1 Å². The highest BCUT2D eigenvalue weighted by molar-refractivity contribution is 5.81. The monoisotopic (exact) mass is 491 g/mol. The summed E-state index contributed by atoms with van der Waals surface area (Å²) in [5.74, 6) is 3.31. The molecule has 0 atom stereocenters. The average Bonchev–Trinajstić information content (AvgIpc) is 3.54. The third-order valence-corrected chi connectivity index (χ3v) is 5.87. The lowest BCUT2D eigenvalue weighted by Gasteiger charge is -2.13. The second-order valence-electron chi connectivity index (χ2n) is 8.58. The van der Waals surface area contributed by atoms with Crippen molar-refractivity contribution in [2.45, 2.75) is 20.4 Å². The number of rotatable bonds is 6. The second-order valence-corrected chi connectivity index (χ2v) is 8.58. The lowest BCUT2D eigenvalue weighted by atomic mass is 10.1. The van der Waals surface area contributed by atoms with Crippen LogP contribution in [0.1, 0.15) is 17.3 Å². The highest BCUT2D eigenvalue weighted by Crippen LogP contribution is 2.28. The van der Waals surface area contributed by atoms with E-state index in [1.165, 1.54) is 0 Å². The molecule has 0 unspecified atom stereocenters. The molecule has 37 heavy (non-hydrogen) atoms. The first kappa shape index (κ1) is 22.4. The quantitative estimate of drug-likeness (QED) is 0.298. The molecule has 182 valence electrons. The second kappa shape index (κ2) is 9.19. The fraction of sp³-hybridized carbons (Fsp3) is 0.107. The number of nitrogens with zero attached hydrogens (tertiary/aromatic N) is 5. The first-order valence-electron chi connectivity index (χ1n) is 11.6.